The van der Waals surface area contributed by atoms with Gasteiger partial charge in [0.15, 0.2) is 5.75 Å². The van der Waals surface area contributed by atoms with Crippen molar-refractivity contribution in [1.82, 2.24) is 9.97 Å². The molecule has 1 saturated heterocycles. The number of ether oxygens (including phenoxy) is 2. The van der Waals surface area contributed by atoms with Crippen molar-refractivity contribution in [2.24, 2.45) is 0 Å². The molecule has 0 spiro atoms. The lowest BCUT2D eigenvalue weighted by atomic mass is 10.1. The third-order valence-corrected chi connectivity index (χ3v) is 8.24. The predicted octanol–water partition coefficient (Wildman–Crippen LogP) is 4.46. The van der Waals surface area contributed by atoms with Gasteiger partial charge in [-0.25, -0.2) is 18.4 Å². The summed E-state index contributed by atoms with van der Waals surface area (Å²) in [5, 5.41) is 9.38. The van der Waals surface area contributed by atoms with Crippen LogP contribution in [0.25, 0.3) is 6.08 Å². The summed E-state index contributed by atoms with van der Waals surface area (Å²) < 4.78 is 38.7. The number of hydrogen-bond donors (Lipinski definition) is 0. The third-order valence-electron chi connectivity index (χ3n) is 6.31. The summed E-state index contributed by atoms with van der Waals surface area (Å²) in [4.78, 5) is 22.8. The molecule has 0 amide bonds. The number of carbonyl (C=O) groups excluding carboxylic acids is 1. The monoisotopic (exact) mass is 595 g/mol. The Labute approximate surface area is 244 Å². The van der Waals surface area contributed by atoms with Crippen LogP contribution in [0.3, 0.4) is 0 Å². The van der Waals surface area contributed by atoms with E-state index in [1.165, 1.54) is 6.07 Å². The van der Waals surface area contributed by atoms with E-state index in [9.17, 15) is 13.2 Å². The zero-order valence-corrected chi connectivity index (χ0v) is 24.1. The van der Waals surface area contributed by atoms with E-state index in [2.05, 4.69) is 20.9 Å². The zero-order valence-electron chi connectivity index (χ0n) is 22.5. The van der Waals surface area contributed by atoms with Gasteiger partial charge in [0.1, 0.15) is 11.9 Å². The number of hydrogen-bond acceptors (Lipinski definition) is 9. The molecule has 4 rings (SSSR count). The van der Waals surface area contributed by atoms with E-state index in [0.717, 1.165) is 35.8 Å². The Bertz CT molecular complexity index is 1520. The molecular weight excluding hydrogens is 566 g/mol. The highest BCUT2D eigenvalue weighted by Crippen LogP contribution is 2.33. The van der Waals surface area contributed by atoms with Crippen LogP contribution in [0.15, 0.2) is 67.0 Å². The number of benzene rings is 2. The van der Waals surface area contributed by atoms with Gasteiger partial charge < -0.3 is 14.4 Å². The molecule has 1 aliphatic heterocycles. The number of piperidine rings is 1. The van der Waals surface area contributed by atoms with E-state index in [4.69, 9.17) is 26.3 Å². The van der Waals surface area contributed by atoms with E-state index in [-0.39, 0.29) is 30.0 Å². The van der Waals surface area contributed by atoms with Crippen molar-refractivity contribution in [1.29, 1.82) is 5.26 Å². The lowest BCUT2D eigenvalue weighted by molar-refractivity contribution is -0.139. The number of carbonyl (C=O) groups is 1. The van der Waals surface area contributed by atoms with E-state index in [0.29, 0.717) is 17.3 Å². The highest BCUT2D eigenvalue weighted by atomic mass is 35.5. The van der Waals surface area contributed by atoms with Crippen molar-refractivity contribution in [2.45, 2.75) is 25.9 Å². The lowest BCUT2D eigenvalue weighted by Gasteiger charge is -2.32. The van der Waals surface area contributed by atoms with Gasteiger partial charge in [0.05, 0.1) is 35.5 Å². The molecule has 0 N–H and O–H groups in total. The van der Waals surface area contributed by atoms with Crippen LogP contribution in [0.4, 0.5) is 11.6 Å². The van der Waals surface area contributed by atoms with Crippen LogP contribution in [-0.2, 0) is 19.6 Å². The molecule has 0 radical (unpaired) electrons. The Morgan fingerprint density at radius 1 is 1.17 bits per heavy atom. The number of rotatable bonds is 11. The average molecular weight is 596 g/mol. The molecule has 1 aliphatic rings. The first-order valence-electron chi connectivity index (χ1n) is 13.1. The van der Waals surface area contributed by atoms with Gasteiger partial charge >= 0.3 is 5.97 Å². The molecule has 2 aromatic carbocycles. The van der Waals surface area contributed by atoms with Gasteiger partial charge in [0.2, 0.25) is 16.0 Å². The number of sulfonamides is 1. The topological polar surface area (TPSA) is 126 Å². The number of halogens is 1. The standard InChI is InChI=1S/C29H30ClN5O5S/c1-2-39-28(36)21-41(37,38)35(15-4-8-22-6-3-7-23(18-22)20-31)24-9-10-27(26(30)19-24)40-25-11-16-34(17-12-25)29-32-13-5-14-33-29/h3-10,13-14,18-19,25H,2,11-12,15-17,21H2,1H3/b8-4+. The molecule has 0 unspecified atom stereocenters. The minimum atomic E-state index is -4.12. The maximum Gasteiger partial charge on any atom is 0.323 e. The third kappa shape index (κ3) is 8.19. The van der Waals surface area contributed by atoms with Gasteiger partial charge in [-0.15, -0.1) is 0 Å². The van der Waals surface area contributed by atoms with Crippen LogP contribution in [0.5, 0.6) is 5.75 Å². The fraction of sp³-hybridized carbons (Fsp3) is 0.310. The van der Waals surface area contributed by atoms with Gasteiger partial charge in [-0.05, 0) is 48.9 Å². The van der Waals surface area contributed by atoms with Crippen molar-refractivity contribution in [2.75, 3.05) is 41.2 Å². The molecule has 1 aromatic heterocycles. The van der Waals surface area contributed by atoms with Gasteiger partial charge in [-0.1, -0.05) is 35.9 Å². The molecule has 3 aromatic rings. The number of nitriles is 1. The maximum absolute atomic E-state index is 13.3. The molecule has 1 fully saturated rings. The molecule has 12 heteroatoms. The number of esters is 1. The quantitative estimate of drug-likeness (QED) is 0.295. The smallest absolute Gasteiger partial charge is 0.323 e. The Hall–Kier alpha value is -4.14. The first-order valence-corrected chi connectivity index (χ1v) is 15.1. The SMILES string of the molecule is CCOC(=O)CS(=O)(=O)N(C/C=C/c1cccc(C#N)c1)c1ccc(OC2CCN(c3ncccn3)CC2)c(Cl)c1. The molecule has 0 aliphatic carbocycles. The van der Waals surface area contributed by atoms with Gasteiger partial charge in [0.25, 0.3) is 0 Å². The summed E-state index contributed by atoms with van der Waals surface area (Å²) in [6.45, 7) is 3.06. The highest BCUT2D eigenvalue weighted by molar-refractivity contribution is 7.93. The minimum absolute atomic E-state index is 0.0681. The summed E-state index contributed by atoms with van der Waals surface area (Å²) >= 11 is 6.57. The second kappa shape index (κ2) is 14.0. The van der Waals surface area contributed by atoms with Crippen LogP contribution in [0.1, 0.15) is 30.9 Å². The molecule has 0 bridgehead atoms. The molecular formula is C29H30ClN5O5S. The summed E-state index contributed by atoms with van der Waals surface area (Å²) in [5.41, 5.74) is 1.50. The predicted molar refractivity (Wildman–Crippen MR) is 157 cm³/mol. The summed E-state index contributed by atoms with van der Waals surface area (Å²) in [6.07, 6.45) is 8.19. The van der Waals surface area contributed by atoms with E-state index >= 15 is 0 Å². The minimum Gasteiger partial charge on any atom is -0.489 e. The maximum atomic E-state index is 13.3. The van der Waals surface area contributed by atoms with Gasteiger partial charge in [-0.3, -0.25) is 9.10 Å². The van der Waals surface area contributed by atoms with Crippen LogP contribution >= 0.6 is 11.6 Å². The molecule has 10 nitrogen and oxygen atoms in total. The van der Waals surface area contributed by atoms with Crippen LogP contribution in [0, 0.1) is 11.3 Å². The van der Waals surface area contributed by atoms with Crippen molar-refractivity contribution in [3.05, 3.63) is 83.2 Å². The Morgan fingerprint density at radius 3 is 2.61 bits per heavy atom. The molecule has 41 heavy (non-hydrogen) atoms. The first-order chi connectivity index (χ1) is 19.8. The normalized spacial score (nSPS) is 14.0. The molecule has 0 atom stereocenters. The number of nitrogens with zero attached hydrogens (tertiary/aromatic N) is 5. The Morgan fingerprint density at radius 2 is 1.93 bits per heavy atom. The molecule has 2 heterocycles. The van der Waals surface area contributed by atoms with Crippen LogP contribution in [-0.4, -0.2) is 62.5 Å². The van der Waals surface area contributed by atoms with E-state index in [1.54, 1.807) is 73.9 Å². The number of anilines is 2. The van der Waals surface area contributed by atoms with E-state index in [1.807, 2.05) is 0 Å². The number of aromatic nitrogens is 2. The fourth-order valence-electron chi connectivity index (χ4n) is 4.35. The first kappa shape index (κ1) is 29.8. The Kier molecular flexibility index (Phi) is 10.2. The molecule has 214 valence electrons. The summed E-state index contributed by atoms with van der Waals surface area (Å²) in [7, 11) is -4.12. The second-order valence-corrected chi connectivity index (χ2v) is 11.5. The summed E-state index contributed by atoms with van der Waals surface area (Å²) in [5.74, 6) is -0.541. The molecule has 0 saturated carbocycles. The van der Waals surface area contributed by atoms with Gasteiger partial charge in [0, 0.05) is 38.3 Å². The lowest BCUT2D eigenvalue weighted by Crippen LogP contribution is -2.39. The van der Waals surface area contributed by atoms with E-state index < -0.39 is 21.7 Å². The van der Waals surface area contributed by atoms with Crippen LogP contribution < -0.4 is 13.9 Å². The van der Waals surface area contributed by atoms with Crippen molar-refractivity contribution in [3.8, 4) is 11.8 Å². The van der Waals surface area contributed by atoms with Crippen LogP contribution in [0.2, 0.25) is 5.02 Å². The van der Waals surface area contributed by atoms with Gasteiger partial charge in [-0.2, -0.15) is 5.26 Å². The van der Waals surface area contributed by atoms with Crippen molar-refractivity contribution in [3.63, 3.8) is 0 Å². The van der Waals surface area contributed by atoms with Crippen molar-refractivity contribution < 1.29 is 22.7 Å². The zero-order chi connectivity index (χ0) is 29.2. The Balaban J connectivity index is 1.49. The largest absolute Gasteiger partial charge is 0.489 e. The van der Waals surface area contributed by atoms with Crippen molar-refractivity contribution >= 4 is 45.3 Å². The highest BCUT2D eigenvalue weighted by Gasteiger charge is 2.27. The second-order valence-electron chi connectivity index (χ2n) is 9.20. The average Bonchev–Trinajstić information content (AvgIpc) is 2.97. The summed E-state index contributed by atoms with van der Waals surface area (Å²) in [6, 6.07) is 15.5. The fourth-order valence-corrected chi connectivity index (χ4v) is 5.86.